The van der Waals surface area contributed by atoms with Crippen molar-refractivity contribution in [2.24, 2.45) is 0 Å². The van der Waals surface area contributed by atoms with Crippen LogP contribution in [-0.4, -0.2) is 20.4 Å². The highest BCUT2D eigenvalue weighted by Crippen LogP contribution is 2.31. The number of hydrogen-bond acceptors (Lipinski definition) is 2. The number of benzene rings is 2. The number of nitrogens with one attached hydrogen (secondary N) is 2. The van der Waals surface area contributed by atoms with E-state index in [-0.39, 0.29) is 17.6 Å². The average Bonchev–Trinajstić information content (AvgIpc) is 3.21. The van der Waals surface area contributed by atoms with Gasteiger partial charge in [0.25, 0.3) is 0 Å². The summed E-state index contributed by atoms with van der Waals surface area (Å²) < 4.78 is 40.8. The Morgan fingerprint density at radius 2 is 1.85 bits per heavy atom. The van der Waals surface area contributed by atoms with Crippen LogP contribution in [0.1, 0.15) is 11.5 Å². The average molecular weight is 372 g/mol. The molecule has 4 aromatic rings. The van der Waals surface area contributed by atoms with Crippen molar-refractivity contribution in [2.75, 3.05) is 0 Å². The van der Waals surface area contributed by atoms with E-state index in [0.717, 1.165) is 21.2 Å². The van der Waals surface area contributed by atoms with Gasteiger partial charge in [-0.2, -0.15) is 13.2 Å². The number of amides is 1. The second-order valence-electron chi connectivity index (χ2n) is 6.17. The Morgan fingerprint density at radius 3 is 2.63 bits per heavy atom. The van der Waals surface area contributed by atoms with E-state index in [0.29, 0.717) is 0 Å². The van der Waals surface area contributed by atoms with Crippen LogP contribution in [0.3, 0.4) is 0 Å². The second-order valence-corrected chi connectivity index (χ2v) is 6.17. The Labute approximate surface area is 151 Å². The van der Waals surface area contributed by atoms with Crippen molar-refractivity contribution >= 4 is 27.8 Å². The van der Waals surface area contributed by atoms with Crippen molar-refractivity contribution in [1.82, 2.24) is 19.9 Å². The van der Waals surface area contributed by atoms with Crippen LogP contribution >= 0.6 is 0 Å². The summed E-state index contributed by atoms with van der Waals surface area (Å²) in [5.74, 6) is -1.60. The number of halogens is 3. The monoisotopic (exact) mass is 372 g/mol. The molecule has 0 saturated carbocycles. The molecule has 0 fully saturated rings. The van der Waals surface area contributed by atoms with Gasteiger partial charge < -0.3 is 14.9 Å². The summed E-state index contributed by atoms with van der Waals surface area (Å²) in [5, 5.41) is 3.66. The van der Waals surface area contributed by atoms with Gasteiger partial charge in [-0.15, -0.1) is 0 Å². The first-order chi connectivity index (χ1) is 12.9. The molecule has 2 aromatic heterocycles. The van der Waals surface area contributed by atoms with E-state index in [1.54, 1.807) is 12.1 Å². The topological polar surface area (TPSA) is 62.7 Å². The van der Waals surface area contributed by atoms with Crippen LogP contribution < -0.4 is 5.32 Å². The van der Waals surface area contributed by atoms with Crippen LogP contribution in [0.15, 0.2) is 54.6 Å². The molecule has 27 heavy (non-hydrogen) atoms. The summed E-state index contributed by atoms with van der Waals surface area (Å²) in [6, 6.07) is 15.8. The van der Waals surface area contributed by atoms with Gasteiger partial charge in [0.2, 0.25) is 11.7 Å². The summed E-state index contributed by atoms with van der Waals surface area (Å²) >= 11 is 0. The minimum atomic E-state index is -4.64. The number of alkyl halides is 3. The van der Waals surface area contributed by atoms with Gasteiger partial charge in [0.05, 0.1) is 17.6 Å². The third-order valence-corrected chi connectivity index (χ3v) is 4.27. The molecular weight excluding hydrogens is 357 g/mol. The number of hydrogen-bond donors (Lipinski definition) is 2. The van der Waals surface area contributed by atoms with Crippen molar-refractivity contribution in [3.05, 3.63) is 66.1 Å². The highest BCUT2D eigenvalue weighted by molar-refractivity contribution is 5.82. The molecule has 2 heterocycles. The highest BCUT2D eigenvalue weighted by Gasteiger charge is 2.37. The van der Waals surface area contributed by atoms with Crippen molar-refractivity contribution in [3.8, 4) is 0 Å². The molecule has 0 atom stereocenters. The maximum absolute atomic E-state index is 13.3. The number of fused-ring (bicyclic) bond motifs is 2. The molecule has 2 aromatic carbocycles. The van der Waals surface area contributed by atoms with E-state index < -0.39 is 24.5 Å². The van der Waals surface area contributed by atoms with E-state index in [2.05, 4.69) is 15.3 Å². The van der Waals surface area contributed by atoms with Crippen LogP contribution in [0, 0.1) is 0 Å². The quantitative estimate of drug-likeness (QED) is 0.572. The lowest BCUT2D eigenvalue weighted by Gasteiger charge is -2.11. The number of para-hydroxylation sites is 3. The molecule has 0 aliphatic carbocycles. The van der Waals surface area contributed by atoms with Crippen molar-refractivity contribution in [2.45, 2.75) is 19.3 Å². The number of H-pyrrole nitrogens is 1. The van der Waals surface area contributed by atoms with E-state index in [4.69, 9.17) is 0 Å². The number of aromatic nitrogens is 3. The minimum Gasteiger partial charge on any atom is -0.357 e. The van der Waals surface area contributed by atoms with Crippen LogP contribution in [0.4, 0.5) is 13.2 Å². The van der Waals surface area contributed by atoms with Crippen LogP contribution in [-0.2, 0) is 24.1 Å². The van der Waals surface area contributed by atoms with Gasteiger partial charge in [0.15, 0.2) is 0 Å². The molecule has 0 radical (unpaired) electrons. The first-order valence-corrected chi connectivity index (χ1v) is 8.27. The number of imidazole rings is 1. The third kappa shape index (κ3) is 3.38. The van der Waals surface area contributed by atoms with Crippen LogP contribution in [0.2, 0.25) is 0 Å². The number of carbonyl (C=O) groups is 1. The number of rotatable bonds is 4. The maximum Gasteiger partial charge on any atom is 0.449 e. The molecule has 2 N–H and O–H groups in total. The molecule has 0 bridgehead atoms. The molecule has 1 amide bonds. The first kappa shape index (κ1) is 17.1. The molecule has 0 aliphatic rings. The smallest absolute Gasteiger partial charge is 0.357 e. The third-order valence-electron chi connectivity index (χ3n) is 4.27. The highest BCUT2D eigenvalue weighted by atomic mass is 19.4. The van der Waals surface area contributed by atoms with Crippen LogP contribution in [0.5, 0.6) is 0 Å². The molecular formula is C19H15F3N4O. The Bertz CT molecular complexity index is 1090. The second kappa shape index (κ2) is 6.46. The lowest BCUT2D eigenvalue weighted by Crippen LogP contribution is -2.29. The fourth-order valence-electron chi connectivity index (χ4n) is 3.07. The Hall–Kier alpha value is -3.29. The minimum absolute atomic E-state index is 0.196. The standard InChI is InChI=1S/C19H15F3N4O/c20-19(21,22)18-25-15-7-3-4-8-16(15)26(18)11-17(27)23-10-13-9-12-5-1-2-6-14(12)24-13/h1-9,24H,10-11H2,(H,23,27). The molecule has 138 valence electrons. The summed E-state index contributed by atoms with van der Waals surface area (Å²) in [6.45, 7) is -0.267. The summed E-state index contributed by atoms with van der Waals surface area (Å²) in [4.78, 5) is 19.1. The Balaban J connectivity index is 1.54. The van der Waals surface area contributed by atoms with Gasteiger partial charge >= 0.3 is 6.18 Å². The number of aromatic amines is 1. The van der Waals surface area contributed by atoms with Crippen molar-refractivity contribution in [1.29, 1.82) is 0 Å². The predicted octanol–water partition coefficient (Wildman–Crippen LogP) is 3.85. The summed E-state index contributed by atoms with van der Waals surface area (Å²) in [7, 11) is 0. The van der Waals surface area contributed by atoms with Crippen molar-refractivity contribution < 1.29 is 18.0 Å². The molecule has 4 rings (SSSR count). The van der Waals surface area contributed by atoms with E-state index in [9.17, 15) is 18.0 Å². The molecule has 5 nitrogen and oxygen atoms in total. The number of nitrogens with zero attached hydrogens (tertiary/aromatic N) is 2. The van der Waals surface area contributed by atoms with E-state index in [1.165, 1.54) is 12.1 Å². The van der Waals surface area contributed by atoms with E-state index in [1.807, 2.05) is 30.3 Å². The Morgan fingerprint density at radius 1 is 1.11 bits per heavy atom. The van der Waals surface area contributed by atoms with Gasteiger partial charge in [0.1, 0.15) is 6.54 Å². The zero-order chi connectivity index (χ0) is 19.0. The van der Waals surface area contributed by atoms with Crippen molar-refractivity contribution in [3.63, 3.8) is 0 Å². The zero-order valence-electron chi connectivity index (χ0n) is 14.0. The molecule has 8 heteroatoms. The van der Waals surface area contributed by atoms with Gasteiger partial charge in [-0.1, -0.05) is 30.3 Å². The van der Waals surface area contributed by atoms with E-state index >= 15 is 0 Å². The Kier molecular flexibility index (Phi) is 4.10. The zero-order valence-corrected chi connectivity index (χ0v) is 14.0. The summed E-state index contributed by atoms with van der Waals surface area (Å²) in [5.41, 5.74) is 2.18. The van der Waals surface area contributed by atoms with Crippen LogP contribution in [0.25, 0.3) is 21.9 Å². The van der Waals surface area contributed by atoms with Gasteiger partial charge in [-0.05, 0) is 29.7 Å². The predicted molar refractivity (Wildman–Crippen MR) is 94.9 cm³/mol. The van der Waals surface area contributed by atoms with Gasteiger partial charge in [-0.3, -0.25) is 4.79 Å². The molecule has 0 saturated heterocycles. The first-order valence-electron chi connectivity index (χ1n) is 8.27. The molecule has 0 aliphatic heterocycles. The fraction of sp³-hybridized carbons (Fsp3) is 0.158. The lowest BCUT2D eigenvalue weighted by atomic mass is 10.2. The lowest BCUT2D eigenvalue weighted by molar-refractivity contribution is -0.147. The molecule has 0 unspecified atom stereocenters. The van der Waals surface area contributed by atoms with Gasteiger partial charge in [0, 0.05) is 11.2 Å². The molecule has 0 spiro atoms. The largest absolute Gasteiger partial charge is 0.449 e. The maximum atomic E-state index is 13.3. The summed E-state index contributed by atoms with van der Waals surface area (Å²) in [6.07, 6.45) is -4.64. The fourth-order valence-corrected chi connectivity index (χ4v) is 3.07. The number of carbonyl (C=O) groups excluding carboxylic acids is 1. The normalized spacial score (nSPS) is 12.0. The SMILES string of the molecule is O=C(Cn1c(C(F)(F)F)nc2ccccc21)NCc1cc2ccccc2[nH]1. The van der Waals surface area contributed by atoms with Gasteiger partial charge in [-0.25, -0.2) is 4.98 Å².